The van der Waals surface area contributed by atoms with Crippen molar-refractivity contribution in [2.75, 3.05) is 6.61 Å². The predicted molar refractivity (Wildman–Crippen MR) is 137 cm³/mol. The Morgan fingerprint density at radius 1 is 1.03 bits per heavy atom. The Hall–Kier alpha value is -3.69. The highest BCUT2D eigenvalue weighted by atomic mass is 19.1. The number of nitrogens with zero attached hydrogens (tertiary/aromatic N) is 2. The van der Waals surface area contributed by atoms with Gasteiger partial charge in [-0.3, -0.25) is 0 Å². The van der Waals surface area contributed by atoms with Gasteiger partial charge in [0.1, 0.15) is 12.4 Å². The van der Waals surface area contributed by atoms with Gasteiger partial charge in [0.2, 0.25) is 0 Å². The van der Waals surface area contributed by atoms with E-state index >= 15 is 0 Å². The monoisotopic (exact) mass is 496 g/mol. The van der Waals surface area contributed by atoms with E-state index in [2.05, 4.69) is 24.3 Å². The van der Waals surface area contributed by atoms with E-state index in [4.69, 9.17) is 4.74 Å². The van der Waals surface area contributed by atoms with Crippen molar-refractivity contribution in [3.63, 3.8) is 0 Å². The fourth-order valence-electron chi connectivity index (χ4n) is 6.80. The Balaban J connectivity index is 1.18. The summed E-state index contributed by atoms with van der Waals surface area (Å²) in [6, 6.07) is 22.5. The van der Waals surface area contributed by atoms with Crippen molar-refractivity contribution in [1.29, 1.82) is 5.26 Å². The van der Waals surface area contributed by atoms with Crippen LogP contribution in [0.25, 0.3) is 11.1 Å². The zero-order chi connectivity index (χ0) is 25.6. The van der Waals surface area contributed by atoms with E-state index in [1.807, 2.05) is 35.2 Å². The number of nitriles is 1. The van der Waals surface area contributed by atoms with Gasteiger partial charge in [0, 0.05) is 24.4 Å². The zero-order valence-corrected chi connectivity index (χ0v) is 20.6. The SMILES string of the molecule is N#Cc1cc(F)ccc1CC1(O)CC2CCCC(C1)N2C(=O)OCC1c2ccccc2-c2ccccc21. The van der Waals surface area contributed by atoms with Gasteiger partial charge in [0.05, 0.1) is 17.2 Å². The summed E-state index contributed by atoms with van der Waals surface area (Å²) in [5, 5.41) is 21.0. The summed E-state index contributed by atoms with van der Waals surface area (Å²) in [5.41, 5.74) is 4.57. The number of amides is 1. The van der Waals surface area contributed by atoms with Crippen molar-refractivity contribution in [3.05, 3.63) is 94.8 Å². The molecule has 2 unspecified atom stereocenters. The average molecular weight is 497 g/mol. The summed E-state index contributed by atoms with van der Waals surface area (Å²) in [4.78, 5) is 15.3. The molecule has 6 heteroatoms. The summed E-state index contributed by atoms with van der Waals surface area (Å²) in [6.45, 7) is 0.272. The summed E-state index contributed by atoms with van der Waals surface area (Å²) in [6.07, 6.45) is 3.37. The number of hydrogen-bond donors (Lipinski definition) is 1. The molecule has 2 atom stereocenters. The van der Waals surface area contributed by atoms with Crippen LogP contribution in [-0.2, 0) is 11.2 Å². The molecule has 188 valence electrons. The summed E-state index contributed by atoms with van der Waals surface area (Å²) >= 11 is 0. The lowest BCUT2D eigenvalue weighted by atomic mass is 9.73. The van der Waals surface area contributed by atoms with Gasteiger partial charge < -0.3 is 14.7 Å². The minimum Gasteiger partial charge on any atom is -0.448 e. The Labute approximate surface area is 216 Å². The molecule has 2 heterocycles. The molecule has 0 aromatic heterocycles. The van der Waals surface area contributed by atoms with Crippen LogP contribution in [0.5, 0.6) is 0 Å². The van der Waals surface area contributed by atoms with Crippen LogP contribution in [0.2, 0.25) is 0 Å². The van der Waals surface area contributed by atoms with E-state index in [0.717, 1.165) is 19.3 Å². The van der Waals surface area contributed by atoms with Crippen molar-refractivity contribution < 1.29 is 19.0 Å². The molecule has 6 rings (SSSR count). The number of aliphatic hydroxyl groups is 1. The van der Waals surface area contributed by atoms with Gasteiger partial charge in [-0.05, 0) is 72.1 Å². The van der Waals surface area contributed by atoms with Gasteiger partial charge in [-0.15, -0.1) is 0 Å². The number of carbonyl (C=O) groups is 1. The Bertz CT molecular complexity index is 1340. The van der Waals surface area contributed by atoms with Crippen LogP contribution in [0.15, 0.2) is 66.7 Å². The van der Waals surface area contributed by atoms with Gasteiger partial charge in [-0.25, -0.2) is 9.18 Å². The first-order valence-electron chi connectivity index (χ1n) is 13.0. The van der Waals surface area contributed by atoms with Crippen molar-refractivity contribution in [2.45, 2.75) is 62.1 Å². The second-order valence-corrected chi connectivity index (χ2v) is 10.7. The molecule has 2 saturated heterocycles. The number of piperidine rings is 2. The molecule has 1 N–H and O–H groups in total. The smallest absolute Gasteiger partial charge is 0.410 e. The lowest BCUT2D eigenvalue weighted by Gasteiger charge is -2.51. The standard InChI is InChI=1S/C31H29FN2O3/c32-22-13-12-20(21(14-22)18-33)15-31(36)16-23-6-5-7-24(17-31)34(23)30(35)37-19-29-27-10-3-1-8-25(27)26-9-2-4-11-28(26)29/h1-4,8-14,23-24,29,36H,5-7,15-17,19H2. The summed E-state index contributed by atoms with van der Waals surface area (Å²) < 4.78 is 19.6. The van der Waals surface area contributed by atoms with E-state index in [-0.39, 0.29) is 42.7 Å². The predicted octanol–water partition coefficient (Wildman–Crippen LogP) is 5.94. The number of fused-ring (bicyclic) bond motifs is 5. The Morgan fingerprint density at radius 2 is 1.65 bits per heavy atom. The summed E-state index contributed by atoms with van der Waals surface area (Å²) in [5.74, 6) is -0.463. The third kappa shape index (κ3) is 4.28. The maximum absolute atomic E-state index is 13.6. The van der Waals surface area contributed by atoms with Crippen LogP contribution >= 0.6 is 0 Å². The average Bonchev–Trinajstić information content (AvgIpc) is 3.21. The first-order valence-corrected chi connectivity index (χ1v) is 13.0. The second kappa shape index (κ2) is 9.32. The first kappa shape index (κ1) is 23.7. The largest absolute Gasteiger partial charge is 0.448 e. The lowest BCUT2D eigenvalue weighted by molar-refractivity contribution is -0.0840. The third-order valence-corrected chi connectivity index (χ3v) is 8.35. The number of rotatable bonds is 4. The van der Waals surface area contributed by atoms with Crippen molar-refractivity contribution >= 4 is 6.09 Å². The maximum atomic E-state index is 13.6. The summed E-state index contributed by atoms with van der Waals surface area (Å²) in [7, 11) is 0. The number of carbonyl (C=O) groups excluding carboxylic acids is 1. The minimum atomic E-state index is -1.06. The van der Waals surface area contributed by atoms with Crippen molar-refractivity contribution in [3.8, 4) is 17.2 Å². The molecule has 0 radical (unpaired) electrons. The van der Waals surface area contributed by atoms with Crippen LogP contribution in [0.3, 0.4) is 0 Å². The lowest BCUT2D eigenvalue weighted by Crippen LogP contribution is -2.60. The van der Waals surface area contributed by atoms with E-state index in [1.165, 1.54) is 34.4 Å². The molecule has 1 amide bonds. The number of hydrogen-bond acceptors (Lipinski definition) is 4. The molecule has 2 bridgehead atoms. The molecule has 0 saturated carbocycles. The molecule has 5 nitrogen and oxygen atoms in total. The number of ether oxygens (including phenoxy) is 1. The van der Waals surface area contributed by atoms with Gasteiger partial charge in [-0.2, -0.15) is 5.26 Å². The Kier molecular flexibility index (Phi) is 5.97. The van der Waals surface area contributed by atoms with Crippen molar-refractivity contribution in [2.24, 2.45) is 0 Å². The first-order chi connectivity index (χ1) is 18.0. The third-order valence-electron chi connectivity index (χ3n) is 8.35. The second-order valence-electron chi connectivity index (χ2n) is 10.7. The highest BCUT2D eigenvalue weighted by molar-refractivity contribution is 5.79. The maximum Gasteiger partial charge on any atom is 0.410 e. The van der Waals surface area contributed by atoms with E-state index < -0.39 is 11.4 Å². The van der Waals surface area contributed by atoms with Crippen LogP contribution in [0.4, 0.5) is 9.18 Å². The molecule has 3 aromatic rings. The van der Waals surface area contributed by atoms with Gasteiger partial charge in [-0.1, -0.05) is 54.6 Å². The van der Waals surface area contributed by atoms with E-state index in [1.54, 1.807) is 6.07 Å². The van der Waals surface area contributed by atoms with Gasteiger partial charge in [0.15, 0.2) is 0 Å². The number of benzene rings is 3. The molecular formula is C31H29FN2O3. The molecule has 2 aliphatic heterocycles. The highest BCUT2D eigenvalue weighted by Gasteiger charge is 2.48. The van der Waals surface area contributed by atoms with Crippen molar-refractivity contribution in [1.82, 2.24) is 4.90 Å². The van der Waals surface area contributed by atoms with Crippen LogP contribution in [0, 0.1) is 17.1 Å². The highest BCUT2D eigenvalue weighted by Crippen LogP contribution is 2.45. The minimum absolute atomic E-state index is 0.000734. The van der Waals surface area contributed by atoms with E-state index in [0.29, 0.717) is 18.4 Å². The van der Waals surface area contributed by atoms with Crippen LogP contribution in [-0.4, -0.2) is 40.4 Å². The molecule has 0 spiro atoms. The van der Waals surface area contributed by atoms with Gasteiger partial charge >= 0.3 is 6.09 Å². The molecule has 3 aromatic carbocycles. The molecule has 3 aliphatic rings. The Morgan fingerprint density at radius 3 is 2.27 bits per heavy atom. The molecular weight excluding hydrogens is 467 g/mol. The molecule has 2 fully saturated rings. The topological polar surface area (TPSA) is 73.6 Å². The van der Waals surface area contributed by atoms with Gasteiger partial charge in [0.25, 0.3) is 0 Å². The van der Waals surface area contributed by atoms with Crippen LogP contribution < -0.4 is 0 Å². The fraction of sp³-hybridized carbons (Fsp3) is 0.355. The van der Waals surface area contributed by atoms with Crippen LogP contribution in [0.1, 0.15) is 60.3 Å². The number of halogens is 1. The van der Waals surface area contributed by atoms with E-state index in [9.17, 15) is 19.6 Å². The quantitative estimate of drug-likeness (QED) is 0.485. The zero-order valence-electron chi connectivity index (χ0n) is 20.6. The normalized spacial score (nSPS) is 24.2. The molecule has 37 heavy (non-hydrogen) atoms. The molecule has 1 aliphatic carbocycles. The fourth-order valence-corrected chi connectivity index (χ4v) is 6.80.